The molecule has 0 aliphatic carbocycles. The van der Waals surface area contributed by atoms with Crippen molar-refractivity contribution in [2.24, 2.45) is 0 Å². The van der Waals surface area contributed by atoms with Gasteiger partial charge in [0.25, 0.3) is 5.91 Å². The third-order valence-electron chi connectivity index (χ3n) is 4.12. The molecule has 0 spiro atoms. The maximum absolute atomic E-state index is 12.4. The predicted molar refractivity (Wildman–Crippen MR) is 108 cm³/mol. The first-order chi connectivity index (χ1) is 13.6. The Morgan fingerprint density at radius 2 is 1.79 bits per heavy atom. The van der Waals surface area contributed by atoms with E-state index in [1.165, 1.54) is 12.4 Å². The summed E-state index contributed by atoms with van der Waals surface area (Å²) in [5.41, 5.74) is 2.91. The van der Waals surface area contributed by atoms with Gasteiger partial charge in [-0.25, -0.2) is 9.97 Å². The van der Waals surface area contributed by atoms with Gasteiger partial charge in [0.15, 0.2) is 0 Å². The number of nitrogens with one attached hydrogen (secondary N) is 2. The summed E-state index contributed by atoms with van der Waals surface area (Å²) in [4.78, 5) is 20.9. The Morgan fingerprint density at radius 3 is 2.43 bits per heavy atom. The van der Waals surface area contributed by atoms with E-state index < -0.39 is 0 Å². The van der Waals surface area contributed by atoms with Crippen LogP contribution < -0.4 is 20.1 Å². The van der Waals surface area contributed by atoms with Crippen LogP contribution in [0, 0.1) is 6.92 Å². The van der Waals surface area contributed by atoms with E-state index in [0.717, 1.165) is 16.9 Å². The number of carbonyl (C=O) groups excluding carboxylic acids is 1. The molecular formula is C21H22N4O3. The zero-order chi connectivity index (χ0) is 19.9. The number of aryl methyl sites for hydroxylation is 1. The van der Waals surface area contributed by atoms with Crippen molar-refractivity contribution in [2.45, 2.75) is 13.5 Å². The molecule has 144 valence electrons. The highest BCUT2D eigenvalue weighted by Gasteiger charge is 2.12. The van der Waals surface area contributed by atoms with Gasteiger partial charge in [0.05, 0.1) is 32.3 Å². The number of hydrogen-bond donors (Lipinski definition) is 2. The Morgan fingerprint density at radius 1 is 1.00 bits per heavy atom. The molecule has 3 aromatic rings. The Kier molecular flexibility index (Phi) is 6.06. The number of nitrogens with zero attached hydrogens (tertiary/aromatic N) is 2. The Balaban J connectivity index is 1.61. The van der Waals surface area contributed by atoms with Gasteiger partial charge in [0, 0.05) is 6.54 Å². The largest absolute Gasteiger partial charge is 0.497 e. The quantitative estimate of drug-likeness (QED) is 0.653. The molecule has 28 heavy (non-hydrogen) atoms. The highest BCUT2D eigenvalue weighted by atomic mass is 16.5. The maximum Gasteiger partial charge on any atom is 0.275 e. The van der Waals surface area contributed by atoms with Gasteiger partial charge in [-0.05, 0) is 42.3 Å². The summed E-state index contributed by atoms with van der Waals surface area (Å²) in [5.74, 6) is 1.63. The average molecular weight is 378 g/mol. The molecule has 2 N–H and O–H groups in total. The van der Waals surface area contributed by atoms with Crippen molar-refractivity contribution in [1.82, 2.24) is 9.97 Å². The fraction of sp³-hybridized carbons (Fsp3) is 0.190. The molecule has 1 aromatic heterocycles. The molecule has 0 aliphatic rings. The van der Waals surface area contributed by atoms with Crippen molar-refractivity contribution in [2.75, 3.05) is 24.9 Å². The van der Waals surface area contributed by atoms with Crippen LogP contribution in [0.2, 0.25) is 0 Å². The van der Waals surface area contributed by atoms with E-state index in [1.54, 1.807) is 14.2 Å². The number of methoxy groups -OCH3 is 2. The van der Waals surface area contributed by atoms with E-state index in [0.29, 0.717) is 23.8 Å². The van der Waals surface area contributed by atoms with Crippen LogP contribution in [0.15, 0.2) is 54.9 Å². The smallest absolute Gasteiger partial charge is 0.275 e. The SMILES string of the molecule is COc1ccc(CNc2cnc(C(=O)Nc3cc(C)ccc3OC)cn2)cc1. The first-order valence-electron chi connectivity index (χ1n) is 8.74. The molecule has 2 aromatic carbocycles. The van der Waals surface area contributed by atoms with E-state index in [2.05, 4.69) is 20.6 Å². The van der Waals surface area contributed by atoms with Crippen LogP contribution in [0.5, 0.6) is 11.5 Å². The third kappa shape index (κ3) is 4.76. The summed E-state index contributed by atoms with van der Waals surface area (Å²) in [5, 5.41) is 5.98. The lowest BCUT2D eigenvalue weighted by atomic mass is 10.2. The van der Waals surface area contributed by atoms with Crippen LogP contribution >= 0.6 is 0 Å². The highest BCUT2D eigenvalue weighted by molar-refractivity contribution is 6.03. The van der Waals surface area contributed by atoms with Gasteiger partial charge in [-0.15, -0.1) is 0 Å². The fourth-order valence-electron chi connectivity index (χ4n) is 2.58. The Bertz CT molecular complexity index is 941. The summed E-state index contributed by atoms with van der Waals surface area (Å²) >= 11 is 0. The topological polar surface area (TPSA) is 85.4 Å². The highest BCUT2D eigenvalue weighted by Crippen LogP contribution is 2.25. The summed E-state index contributed by atoms with van der Waals surface area (Å²) in [6.45, 7) is 2.53. The molecule has 1 amide bonds. The van der Waals surface area contributed by atoms with E-state index in [9.17, 15) is 4.79 Å². The normalized spacial score (nSPS) is 10.2. The number of amides is 1. The number of anilines is 2. The van der Waals surface area contributed by atoms with Crippen molar-refractivity contribution in [3.05, 3.63) is 71.7 Å². The van der Waals surface area contributed by atoms with Gasteiger partial charge in [-0.3, -0.25) is 4.79 Å². The van der Waals surface area contributed by atoms with Crippen LogP contribution in [-0.4, -0.2) is 30.1 Å². The van der Waals surface area contributed by atoms with Crippen molar-refractivity contribution in [3.8, 4) is 11.5 Å². The summed E-state index contributed by atoms with van der Waals surface area (Å²) in [6, 6.07) is 13.3. The van der Waals surface area contributed by atoms with Gasteiger partial charge >= 0.3 is 0 Å². The summed E-state index contributed by atoms with van der Waals surface area (Å²) in [6.07, 6.45) is 2.97. The van der Waals surface area contributed by atoms with Crippen LogP contribution in [0.3, 0.4) is 0 Å². The first kappa shape index (κ1) is 19.2. The Labute approximate surface area is 163 Å². The van der Waals surface area contributed by atoms with Crippen molar-refractivity contribution < 1.29 is 14.3 Å². The van der Waals surface area contributed by atoms with Gasteiger partial charge in [0.1, 0.15) is 23.0 Å². The zero-order valence-electron chi connectivity index (χ0n) is 16.0. The number of hydrogen-bond acceptors (Lipinski definition) is 6. The number of ether oxygens (including phenoxy) is 2. The standard InChI is InChI=1S/C21H22N4O3/c1-14-4-9-19(28-3)17(10-14)25-21(26)18-12-24-20(13-22-18)23-11-15-5-7-16(27-2)8-6-15/h4-10,12-13H,11H2,1-3H3,(H,23,24)(H,25,26). The Hall–Kier alpha value is -3.61. The number of rotatable bonds is 7. The number of aromatic nitrogens is 2. The first-order valence-corrected chi connectivity index (χ1v) is 8.74. The number of benzene rings is 2. The van der Waals surface area contributed by atoms with E-state index in [4.69, 9.17) is 9.47 Å². The summed E-state index contributed by atoms with van der Waals surface area (Å²) in [7, 11) is 3.19. The molecule has 0 saturated carbocycles. The molecule has 0 bridgehead atoms. The van der Waals surface area contributed by atoms with Gasteiger partial charge < -0.3 is 20.1 Å². The fourth-order valence-corrected chi connectivity index (χ4v) is 2.58. The van der Waals surface area contributed by atoms with Crippen LogP contribution in [0.4, 0.5) is 11.5 Å². The third-order valence-corrected chi connectivity index (χ3v) is 4.12. The van der Waals surface area contributed by atoms with E-state index in [-0.39, 0.29) is 11.6 Å². The monoisotopic (exact) mass is 378 g/mol. The van der Waals surface area contributed by atoms with Crippen molar-refractivity contribution >= 4 is 17.4 Å². The van der Waals surface area contributed by atoms with Crippen molar-refractivity contribution in [3.63, 3.8) is 0 Å². The molecular weight excluding hydrogens is 356 g/mol. The van der Waals surface area contributed by atoms with Gasteiger partial charge in [-0.1, -0.05) is 18.2 Å². The second-order valence-corrected chi connectivity index (χ2v) is 6.15. The predicted octanol–water partition coefficient (Wildman–Crippen LogP) is 3.67. The molecule has 0 fully saturated rings. The van der Waals surface area contributed by atoms with Crippen molar-refractivity contribution in [1.29, 1.82) is 0 Å². The van der Waals surface area contributed by atoms with Crippen LogP contribution in [0.25, 0.3) is 0 Å². The molecule has 0 saturated heterocycles. The molecule has 7 nitrogen and oxygen atoms in total. The van der Waals surface area contributed by atoms with Crippen LogP contribution in [0.1, 0.15) is 21.6 Å². The minimum Gasteiger partial charge on any atom is -0.497 e. The average Bonchev–Trinajstić information content (AvgIpc) is 2.73. The minimum absolute atomic E-state index is 0.221. The molecule has 0 aliphatic heterocycles. The molecule has 0 atom stereocenters. The zero-order valence-corrected chi connectivity index (χ0v) is 16.0. The second kappa shape index (κ2) is 8.85. The lowest BCUT2D eigenvalue weighted by Gasteiger charge is -2.11. The van der Waals surface area contributed by atoms with E-state index in [1.807, 2.05) is 49.4 Å². The molecule has 1 heterocycles. The molecule has 7 heteroatoms. The maximum atomic E-state index is 12.4. The lowest BCUT2D eigenvalue weighted by Crippen LogP contribution is -2.15. The molecule has 0 radical (unpaired) electrons. The van der Waals surface area contributed by atoms with Gasteiger partial charge in [-0.2, -0.15) is 0 Å². The van der Waals surface area contributed by atoms with Gasteiger partial charge in [0.2, 0.25) is 0 Å². The number of carbonyl (C=O) groups is 1. The van der Waals surface area contributed by atoms with Crippen LogP contribution in [-0.2, 0) is 6.54 Å². The molecule has 0 unspecified atom stereocenters. The second-order valence-electron chi connectivity index (χ2n) is 6.15. The lowest BCUT2D eigenvalue weighted by molar-refractivity contribution is 0.102. The minimum atomic E-state index is -0.349. The summed E-state index contributed by atoms with van der Waals surface area (Å²) < 4.78 is 10.4. The van der Waals surface area contributed by atoms with E-state index >= 15 is 0 Å². The molecule has 3 rings (SSSR count).